The van der Waals surface area contributed by atoms with Gasteiger partial charge in [0.25, 0.3) is 0 Å². The molecule has 1 saturated carbocycles. The van der Waals surface area contributed by atoms with Crippen LogP contribution in [0.3, 0.4) is 0 Å². The molecule has 0 nitrogen and oxygen atoms in total. The molecule has 2 aliphatic rings. The van der Waals surface area contributed by atoms with Crippen molar-refractivity contribution in [2.75, 3.05) is 12.3 Å². The van der Waals surface area contributed by atoms with Crippen LogP contribution in [0.4, 0.5) is 0 Å². The minimum atomic E-state index is 0.465. The molecule has 1 aliphatic heterocycles. The summed E-state index contributed by atoms with van der Waals surface area (Å²) in [5.74, 6) is 0. The third-order valence-corrected chi connectivity index (χ3v) is 11.0. The molecule has 16 heavy (non-hydrogen) atoms. The van der Waals surface area contributed by atoms with E-state index in [4.69, 9.17) is 0 Å². The highest BCUT2D eigenvalue weighted by Gasteiger charge is 2.21. The zero-order valence-corrected chi connectivity index (χ0v) is 12.6. The van der Waals surface area contributed by atoms with Crippen LogP contribution >= 0.6 is 15.9 Å². The van der Waals surface area contributed by atoms with Crippen LogP contribution in [0.25, 0.3) is 0 Å². The van der Waals surface area contributed by atoms with Gasteiger partial charge in [0, 0.05) is 0 Å². The molecule has 1 heterocycles. The third-order valence-electron chi connectivity index (χ3n) is 4.16. The van der Waals surface area contributed by atoms with Gasteiger partial charge in [0.15, 0.2) is 0 Å². The van der Waals surface area contributed by atoms with Crippen molar-refractivity contribution in [2.24, 2.45) is 0 Å². The van der Waals surface area contributed by atoms with Gasteiger partial charge in [-0.05, 0) is 43.7 Å². The zero-order valence-electron chi connectivity index (χ0n) is 10.7. The van der Waals surface area contributed by atoms with Crippen molar-refractivity contribution >= 4 is 15.9 Å². The second-order valence-corrected chi connectivity index (χ2v) is 11.1. The standard InChI is InChI=1S/C14H28P2/c1-2-6-10-14(11-7-3-1)16-13-9-5-4-8-12-15-16/h14-15H,1-13H2. The van der Waals surface area contributed by atoms with E-state index >= 15 is 0 Å². The fraction of sp³-hybridized carbons (Fsp3) is 1.00. The lowest BCUT2D eigenvalue weighted by Gasteiger charge is -2.30. The Balaban J connectivity index is 1.81. The van der Waals surface area contributed by atoms with Gasteiger partial charge in [-0.25, -0.2) is 0 Å². The average Bonchev–Trinajstić information content (AvgIpc) is 2.18. The van der Waals surface area contributed by atoms with Crippen molar-refractivity contribution in [2.45, 2.75) is 76.3 Å². The molecule has 1 aliphatic carbocycles. The summed E-state index contributed by atoms with van der Waals surface area (Å²) in [6.07, 6.45) is 20.3. The molecule has 0 amide bonds. The molecule has 0 aromatic carbocycles. The topological polar surface area (TPSA) is 0 Å². The molecule has 0 spiro atoms. The summed E-state index contributed by atoms with van der Waals surface area (Å²) < 4.78 is 0. The van der Waals surface area contributed by atoms with E-state index in [1.807, 2.05) is 0 Å². The second-order valence-electron chi connectivity index (χ2n) is 5.51. The van der Waals surface area contributed by atoms with E-state index in [1.165, 1.54) is 46.0 Å². The van der Waals surface area contributed by atoms with Crippen molar-refractivity contribution in [3.63, 3.8) is 0 Å². The van der Waals surface area contributed by atoms with Crippen molar-refractivity contribution in [3.8, 4) is 0 Å². The van der Waals surface area contributed by atoms with E-state index in [-0.39, 0.29) is 0 Å². The molecular formula is C14H28P2. The summed E-state index contributed by atoms with van der Waals surface area (Å²) >= 11 is 0. The predicted molar refractivity (Wildman–Crippen MR) is 79.5 cm³/mol. The molecule has 2 rings (SSSR count). The summed E-state index contributed by atoms with van der Waals surface area (Å²) in [4.78, 5) is 0. The molecule has 0 bridgehead atoms. The quantitative estimate of drug-likeness (QED) is 0.525. The third kappa shape index (κ3) is 4.62. The van der Waals surface area contributed by atoms with E-state index in [2.05, 4.69) is 0 Å². The van der Waals surface area contributed by atoms with Gasteiger partial charge in [-0.1, -0.05) is 60.8 Å². The first-order valence-corrected chi connectivity index (χ1v) is 11.1. The lowest BCUT2D eigenvalue weighted by atomic mass is 10.0. The van der Waals surface area contributed by atoms with Crippen LogP contribution in [0, 0.1) is 0 Å². The summed E-state index contributed by atoms with van der Waals surface area (Å²) in [6.45, 7) is 0. The largest absolute Gasteiger partial charge is 0.0958 e. The highest BCUT2D eigenvalue weighted by molar-refractivity contribution is 8.21. The first-order chi connectivity index (χ1) is 7.97. The molecule has 2 unspecified atom stereocenters. The van der Waals surface area contributed by atoms with Crippen LogP contribution in [-0.4, -0.2) is 18.0 Å². The number of rotatable bonds is 1. The lowest BCUT2D eigenvalue weighted by molar-refractivity contribution is 0.510. The normalized spacial score (nSPS) is 32.6. The maximum atomic E-state index is 1.64. The molecule has 94 valence electrons. The molecule has 0 aromatic rings. The van der Waals surface area contributed by atoms with Gasteiger partial charge in [0.05, 0.1) is 0 Å². The van der Waals surface area contributed by atoms with E-state index in [9.17, 15) is 0 Å². The average molecular weight is 258 g/mol. The van der Waals surface area contributed by atoms with Crippen molar-refractivity contribution in [1.82, 2.24) is 0 Å². The summed E-state index contributed by atoms with van der Waals surface area (Å²) in [7, 11) is 1.84. The molecule has 0 aromatic heterocycles. The van der Waals surface area contributed by atoms with Gasteiger partial charge in [-0.15, -0.1) is 0 Å². The Kier molecular flexibility index (Phi) is 6.69. The zero-order chi connectivity index (χ0) is 11.1. The number of hydrogen-bond donors (Lipinski definition) is 0. The highest BCUT2D eigenvalue weighted by Crippen LogP contribution is 2.63. The Morgan fingerprint density at radius 1 is 0.688 bits per heavy atom. The minimum absolute atomic E-state index is 0.465. The molecule has 1 saturated heterocycles. The van der Waals surface area contributed by atoms with Gasteiger partial charge in [-0.3, -0.25) is 0 Å². The maximum absolute atomic E-state index is 1.64. The Hall–Kier alpha value is 0.860. The first-order valence-electron chi connectivity index (χ1n) is 7.47. The lowest BCUT2D eigenvalue weighted by Crippen LogP contribution is -2.09. The summed E-state index contributed by atoms with van der Waals surface area (Å²) in [6, 6.07) is 0. The van der Waals surface area contributed by atoms with Gasteiger partial charge < -0.3 is 0 Å². The summed E-state index contributed by atoms with van der Waals surface area (Å²) in [5.41, 5.74) is 1.19. The SMILES string of the molecule is C1CCCC(P2CCCCCCP2)CCC1. The Bertz CT molecular complexity index is 146. The number of hydrogen-bond acceptors (Lipinski definition) is 0. The Morgan fingerprint density at radius 2 is 1.31 bits per heavy atom. The minimum Gasteiger partial charge on any atom is -0.0958 e. The maximum Gasteiger partial charge on any atom is -0.0173 e. The Labute approximate surface area is 105 Å². The van der Waals surface area contributed by atoms with Crippen LogP contribution in [0.2, 0.25) is 0 Å². The molecule has 2 atom stereocenters. The van der Waals surface area contributed by atoms with Crippen molar-refractivity contribution in [3.05, 3.63) is 0 Å². The molecule has 2 fully saturated rings. The van der Waals surface area contributed by atoms with Gasteiger partial charge in [-0.2, -0.15) is 0 Å². The van der Waals surface area contributed by atoms with Crippen LogP contribution in [0.15, 0.2) is 0 Å². The fourth-order valence-corrected chi connectivity index (χ4v) is 9.98. The van der Waals surface area contributed by atoms with Crippen LogP contribution in [0.1, 0.15) is 70.6 Å². The van der Waals surface area contributed by atoms with Gasteiger partial charge in [0.2, 0.25) is 0 Å². The fourth-order valence-electron chi connectivity index (χ4n) is 3.12. The summed E-state index contributed by atoms with van der Waals surface area (Å²) in [5, 5.41) is 0. The Morgan fingerprint density at radius 3 is 2.12 bits per heavy atom. The predicted octanol–water partition coefficient (Wildman–Crippen LogP) is 5.75. The van der Waals surface area contributed by atoms with E-state index in [0.29, 0.717) is 7.61 Å². The van der Waals surface area contributed by atoms with Crippen molar-refractivity contribution < 1.29 is 0 Å². The molecule has 2 heteroatoms. The monoisotopic (exact) mass is 258 g/mol. The second kappa shape index (κ2) is 8.05. The molecule has 0 N–H and O–H groups in total. The van der Waals surface area contributed by atoms with Crippen molar-refractivity contribution in [1.29, 1.82) is 0 Å². The van der Waals surface area contributed by atoms with Gasteiger partial charge >= 0.3 is 0 Å². The van der Waals surface area contributed by atoms with E-state index in [0.717, 1.165) is 0 Å². The highest BCUT2D eigenvalue weighted by atomic mass is 32.0. The van der Waals surface area contributed by atoms with E-state index in [1.54, 1.807) is 50.8 Å². The molecular weight excluding hydrogens is 230 g/mol. The van der Waals surface area contributed by atoms with Crippen LogP contribution in [0.5, 0.6) is 0 Å². The van der Waals surface area contributed by atoms with Gasteiger partial charge in [0.1, 0.15) is 0 Å². The smallest absolute Gasteiger partial charge is 0.0173 e. The first kappa shape index (κ1) is 13.3. The van der Waals surface area contributed by atoms with Crippen LogP contribution < -0.4 is 0 Å². The molecule has 0 radical (unpaired) electrons. The van der Waals surface area contributed by atoms with Crippen LogP contribution in [-0.2, 0) is 0 Å². The van der Waals surface area contributed by atoms with E-state index < -0.39 is 0 Å².